The van der Waals surface area contributed by atoms with E-state index in [0.717, 1.165) is 42.1 Å². The van der Waals surface area contributed by atoms with E-state index in [2.05, 4.69) is 26.1 Å². The van der Waals surface area contributed by atoms with Crippen LogP contribution in [0.3, 0.4) is 0 Å². The highest BCUT2D eigenvalue weighted by Gasteiger charge is 2.55. The van der Waals surface area contributed by atoms with E-state index < -0.39 is 11.8 Å². The molecule has 8 nitrogen and oxygen atoms in total. The summed E-state index contributed by atoms with van der Waals surface area (Å²) in [5.41, 5.74) is 2.69. The number of hydrogen-bond acceptors (Lipinski definition) is 6. The van der Waals surface area contributed by atoms with Crippen molar-refractivity contribution >= 4 is 27.7 Å². The predicted molar refractivity (Wildman–Crippen MR) is 123 cm³/mol. The van der Waals surface area contributed by atoms with Gasteiger partial charge in [0.15, 0.2) is 0 Å². The maximum atomic E-state index is 13.8. The molecule has 1 spiro atoms. The van der Waals surface area contributed by atoms with Gasteiger partial charge in [0.25, 0.3) is 0 Å². The van der Waals surface area contributed by atoms with Crippen molar-refractivity contribution in [3.05, 3.63) is 34.6 Å². The van der Waals surface area contributed by atoms with E-state index in [9.17, 15) is 9.59 Å². The smallest absolute Gasteiger partial charge is 0.249 e. The Morgan fingerprint density at radius 2 is 1.97 bits per heavy atom. The van der Waals surface area contributed by atoms with Gasteiger partial charge in [-0.3, -0.25) is 14.8 Å². The fraction of sp³-hybridized carbons (Fsp3) is 0.583. The lowest BCUT2D eigenvalue weighted by Gasteiger charge is -2.28. The van der Waals surface area contributed by atoms with Gasteiger partial charge in [-0.2, -0.15) is 4.98 Å². The van der Waals surface area contributed by atoms with Gasteiger partial charge in [-0.05, 0) is 61.3 Å². The van der Waals surface area contributed by atoms with Crippen molar-refractivity contribution in [2.24, 2.45) is 17.3 Å². The van der Waals surface area contributed by atoms with Crippen LogP contribution in [0.15, 0.2) is 33.3 Å². The van der Waals surface area contributed by atoms with E-state index >= 15 is 0 Å². The number of nitrogens with zero attached hydrogens (tertiary/aromatic N) is 3. The normalized spacial score (nSPS) is 22.6. The molecule has 2 heterocycles. The molecule has 2 saturated carbocycles. The molecule has 3 fully saturated rings. The summed E-state index contributed by atoms with van der Waals surface area (Å²) >= 11 is 3.43. The third-order valence-electron chi connectivity index (χ3n) is 7.58. The molecule has 2 aliphatic carbocycles. The quantitative estimate of drug-likeness (QED) is 0.409. The van der Waals surface area contributed by atoms with E-state index in [0.29, 0.717) is 30.6 Å². The fourth-order valence-corrected chi connectivity index (χ4v) is 5.82. The van der Waals surface area contributed by atoms with E-state index in [4.69, 9.17) is 9.73 Å². The first-order valence-corrected chi connectivity index (χ1v) is 12.6. The average Bonchev–Trinajstić information content (AvgIpc) is 3.22. The van der Waals surface area contributed by atoms with E-state index in [1.807, 2.05) is 29.2 Å². The molecule has 0 bridgehead atoms. The molecule has 2 aromatic rings. The van der Waals surface area contributed by atoms with E-state index in [1.54, 1.807) is 5.48 Å². The number of hydrogen-bond donors (Lipinski definition) is 2. The minimum atomic E-state index is -0.515. The number of aromatic nitrogens is 2. The van der Waals surface area contributed by atoms with E-state index in [-0.39, 0.29) is 23.8 Å². The third-order valence-corrected chi connectivity index (χ3v) is 8.10. The molecule has 1 aromatic heterocycles. The average molecular weight is 517 g/mol. The van der Waals surface area contributed by atoms with Gasteiger partial charge in [-0.15, -0.1) is 0 Å². The second kappa shape index (κ2) is 9.18. The Hall–Kier alpha value is -2.26. The van der Waals surface area contributed by atoms with Gasteiger partial charge in [-0.1, -0.05) is 46.8 Å². The first kappa shape index (κ1) is 22.5. The summed E-state index contributed by atoms with van der Waals surface area (Å²) in [6.07, 6.45) is 8.20. The summed E-state index contributed by atoms with van der Waals surface area (Å²) in [5.74, 6) is 0.403. The van der Waals surface area contributed by atoms with Crippen LogP contribution in [-0.2, 0) is 9.59 Å². The van der Waals surface area contributed by atoms with Crippen molar-refractivity contribution in [2.45, 2.75) is 63.8 Å². The summed E-state index contributed by atoms with van der Waals surface area (Å²) in [6.45, 7) is 0.661. The topological polar surface area (TPSA) is 109 Å². The molecule has 1 aromatic carbocycles. The summed E-state index contributed by atoms with van der Waals surface area (Å²) in [6, 6.07) is 7.42. The van der Waals surface area contributed by atoms with Gasteiger partial charge in [0.1, 0.15) is 6.04 Å². The maximum Gasteiger partial charge on any atom is 0.249 e. The fourth-order valence-electron chi connectivity index (χ4n) is 5.56. The third kappa shape index (κ3) is 4.84. The van der Waals surface area contributed by atoms with Gasteiger partial charge in [-0.25, -0.2) is 5.48 Å². The molecular formula is C24H29BrN4O4. The first-order chi connectivity index (χ1) is 16.0. The van der Waals surface area contributed by atoms with Gasteiger partial charge in [0.05, 0.1) is 0 Å². The molecule has 176 valence electrons. The lowest BCUT2D eigenvalue weighted by Crippen LogP contribution is -2.39. The van der Waals surface area contributed by atoms with Crippen LogP contribution in [-0.4, -0.2) is 38.6 Å². The number of rotatable bonds is 7. The second-order valence-corrected chi connectivity index (χ2v) is 10.9. The molecule has 5 rings (SSSR count). The molecule has 2 atom stereocenters. The van der Waals surface area contributed by atoms with Gasteiger partial charge in [0, 0.05) is 28.9 Å². The van der Waals surface area contributed by atoms with Crippen LogP contribution in [0.1, 0.15) is 69.7 Å². The highest BCUT2D eigenvalue weighted by atomic mass is 79.9. The van der Waals surface area contributed by atoms with E-state index in [1.165, 1.54) is 12.8 Å². The van der Waals surface area contributed by atoms with Crippen molar-refractivity contribution in [3.8, 4) is 11.4 Å². The van der Waals surface area contributed by atoms with Crippen LogP contribution in [0.5, 0.6) is 0 Å². The molecular weight excluding hydrogens is 488 g/mol. The monoisotopic (exact) mass is 516 g/mol. The minimum absolute atomic E-state index is 0.00394. The number of likely N-dealkylation sites (tertiary alicyclic amines) is 1. The first-order valence-electron chi connectivity index (χ1n) is 11.8. The Morgan fingerprint density at radius 3 is 2.64 bits per heavy atom. The summed E-state index contributed by atoms with van der Waals surface area (Å²) in [4.78, 5) is 32.3. The van der Waals surface area contributed by atoms with Crippen LogP contribution in [0.4, 0.5) is 0 Å². The molecule has 0 radical (unpaired) electrons. The van der Waals surface area contributed by atoms with Crippen molar-refractivity contribution in [3.63, 3.8) is 0 Å². The van der Waals surface area contributed by atoms with Crippen molar-refractivity contribution < 1.29 is 19.3 Å². The zero-order valence-electron chi connectivity index (χ0n) is 18.5. The molecule has 2 amide bonds. The highest BCUT2D eigenvalue weighted by Crippen LogP contribution is 2.58. The van der Waals surface area contributed by atoms with Crippen molar-refractivity contribution in [1.82, 2.24) is 20.5 Å². The lowest BCUT2D eigenvalue weighted by atomic mass is 9.89. The molecule has 1 saturated heterocycles. The Labute approximate surface area is 201 Å². The number of amides is 2. The summed E-state index contributed by atoms with van der Waals surface area (Å²) in [5, 5.41) is 13.3. The Balaban J connectivity index is 1.38. The summed E-state index contributed by atoms with van der Waals surface area (Å²) < 4.78 is 6.63. The van der Waals surface area contributed by atoms with Gasteiger partial charge >= 0.3 is 0 Å². The van der Waals surface area contributed by atoms with Crippen LogP contribution in [0.25, 0.3) is 11.4 Å². The lowest BCUT2D eigenvalue weighted by molar-refractivity contribution is -0.142. The number of nitrogens with one attached hydrogen (secondary N) is 1. The molecule has 33 heavy (non-hydrogen) atoms. The number of carbonyl (C=O) groups excluding carboxylic acids is 2. The number of hydroxylamine groups is 1. The Kier molecular flexibility index (Phi) is 6.26. The molecule has 1 aliphatic heterocycles. The number of carbonyl (C=O) groups is 2. The largest absolute Gasteiger partial charge is 0.337 e. The second-order valence-electron chi connectivity index (χ2n) is 9.97. The maximum absolute atomic E-state index is 13.8. The van der Waals surface area contributed by atoms with Gasteiger partial charge in [0.2, 0.25) is 23.5 Å². The molecule has 0 unspecified atom stereocenters. The van der Waals surface area contributed by atoms with Crippen molar-refractivity contribution in [1.29, 1.82) is 0 Å². The predicted octanol–water partition coefficient (Wildman–Crippen LogP) is 4.64. The number of benzene rings is 1. The molecule has 2 N–H and O–H groups in total. The Morgan fingerprint density at radius 1 is 1.24 bits per heavy atom. The molecule has 3 aliphatic rings. The minimum Gasteiger partial charge on any atom is -0.337 e. The SMILES string of the molecule is O=C(C[C@@H](CC1CCCC1)C(=O)N1CC2(CC2)C[C@H]1c1nc(-c2ccc(Br)cc2)no1)NO. The van der Waals surface area contributed by atoms with Crippen LogP contribution < -0.4 is 5.48 Å². The standard InChI is InChI=1S/C24H29BrN4O4/c25-18-7-5-16(6-8-18)21-26-22(33-28-21)19-13-24(9-10-24)14-29(19)23(31)17(12-20(30)27-32)11-15-3-1-2-4-15/h5-8,15,17,19,32H,1-4,9-14H2,(H,27,30)/t17-,19+/m1/s1. The van der Waals surface area contributed by atoms with Gasteiger partial charge < -0.3 is 9.42 Å². The van der Waals surface area contributed by atoms with Crippen LogP contribution in [0.2, 0.25) is 0 Å². The summed E-state index contributed by atoms with van der Waals surface area (Å²) in [7, 11) is 0. The highest BCUT2D eigenvalue weighted by molar-refractivity contribution is 9.10. The zero-order chi connectivity index (χ0) is 23.0. The number of halogens is 1. The molecule has 9 heteroatoms. The van der Waals surface area contributed by atoms with Crippen molar-refractivity contribution in [2.75, 3.05) is 6.54 Å². The Bertz CT molecular complexity index is 1010. The zero-order valence-corrected chi connectivity index (χ0v) is 20.1. The van der Waals surface area contributed by atoms with Crippen LogP contribution in [0, 0.1) is 17.3 Å². The van der Waals surface area contributed by atoms with Crippen LogP contribution >= 0.6 is 15.9 Å².